The van der Waals surface area contributed by atoms with Gasteiger partial charge in [0.25, 0.3) is 5.91 Å². The molecule has 0 atom stereocenters. The van der Waals surface area contributed by atoms with Crippen LogP contribution >= 0.6 is 11.3 Å². The predicted octanol–water partition coefficient (Wildman–Crippen LogP) is 6.49. The van der Waals surface area contributed by atoms with Gasteiger partial charge in [0, 0.05) is 9.75 Å². The van der Waals surface area contributed by atoms with E-state index in [4.69, 9.17) is 4.42 Å². The average molecular weight is 481 g/mol. The maximum Gasteiger partial charge on any atom is 0.278 e. The third-order valence-corrected chi connectivity index (χ3v) is 6.77. The molecule has 0 N–H and O–H groups in total. The van der Waals surface area contributed by atoms with Gasteiger partial charge in [-0.3, -0.25) is 14.7 Å². The summed E-state index contributed by atoms with van der Waals surface area (Å²) >= 11 is 1.53. The molecular formula is C27H17FN4O2S. The Bertz CT molecular complexity index is 1690. The van der Waals surface area contributed by atoms with E-state index in [1.165, 1.54) is 34.9 Å². The van der Waals surface area contributed by atoms with Gasteiger partial charge in [0.1, 0.15) is 17.0 Å². The lowest BCUT2D eigenvalue weighted by atomic mass is 10.2. The maximum atomic E-state index is 14.8. The molecule has 0 aliphatic rings. The summed E-state index contributed by atoms with van der Waals surface area (Å²) in [7, 11) is 0. The van der Waals surface area contributed by atoms with Crippen molar-refractivity contribution in [1.29, 1.82) is 0 Å². The molecule has 170 valence electrons. The van der Waals surface area contributed by atoms with E-state index in [1.54, 1.807) is 24.3 Å². The van der Waals surface area contributed by atoms with Crippen LogP contribution in [0.25, 0.3) is 32.6 Å². The number of nitrogens with zero attached hydrogens (tertiary/aromatic N) is 4. The van der Waals surface area contributed by atoms with E-state index in [0.717, 1.165) is 26.4 Å². The smallest absolute Gasteiger partial charge is 0.278 e. The number of para-hydroxylation sites is 3. The van der Waals surface area contributed by atoms with Crippen molar-refractivity contribution in [3.63, 3.8) is 0 Å². The molecule has 6 nitrogen and oxygen atoms in total. The molecule has 0 spiro atoms. The van der Waals surface area contributed by atoms with Crippen LogP contribution in [0.4, 0.5) is 10.1 Å². The van der Waals surface area contributed by atoms with Crippen molar-refractivity contribution in [1.82, 2.24) is 15.0 Å². The normalized spacial score (nSPS) is 11.2. The van der Waals surface area contributed by atoms with Crippen LogP contribution in [-0.4, -0.2) is 20.9 Å². The molecule has 3 aromatic heterocycles. The molecule has 0 fully saturated rings. The van der Waals surface area contributed by atoms with Crippen LogP contribution in [0.1, 0.15) is 15.4 Å². The Morgan fingerprint density at radius 3 is 2.63 bits per heavy atom. The first-order valence-corrected chi connectivity index (χ1v) is 11.7. The van der Waals surface area contributed by atoms with Gasteiger partial charge in [0.2, 0.25) is 0 Å². The largest absolute Gasteiger partial charge is 0.443 e. The van der Waals surface area contributed by atoms with Crippen molar-refractivity contribution in [2.24, 2.45) is 0 Å². The van der Waals surface area contributed by atoms with Gasteiger partial charge >= 0.3 is 0 Å². The lowest BCUT2D eigenvalue weighted by molar-refractivity contribution is 0.0979. The number of anilines is 1. The van der Waals surface area contributed by atoms with Gasteiger partial charge in [-0.1, -0.05) is 24.3 Å². The summed E-state index contributed by atoms with van der Waals surface area (Å²) in [4.78, 5) is 30.0. The summed E-state index contributed by atoms with van der Waals surface area (Å²) in [6.07, 6.45) is 2.85. The fraction of sp³-hybridized carbons (Fsp3) is 0.0370. The standard InChI is InChI=1S/C27H17FN4O2S/c28-19-5-1-4-8-24(19)32(27(33)23-14-29-20-6-2-3-7-21(20)31-23)15-18-10-12-26(35-18)17-9-11-25-22(13-17)30-16-34-25/h1-14,16H,15H2. The molecule has 6 rings (SSSR count). The van der Waals surface area contributed by atoms with Crippen LogP contribution < -0.4 is 4.90 Å². The van der Waals surface area contributed by atoms with E-state index in [0.29, 0.717) is 11.0 Å². The number of benzene rings is 3. The van der Waals surface area contributed by atoms with E-state index in [9.17, 15) is 9.18 Å². The van der Waals surface area contributed by atoms with Gasteiger partial charge < -0.3 is 4.42 Å². The van der Waals surface area contributed by atoms with E-state index < -0.39 is 11.7 Å². The van der Waals surface area contributed by atoms with Gasteiger partial charge in [-0.15, -0.1) is 11.3 Å². The number of carbonyl (C=O) groups excluding carboxylic acids is 1. The highest BCUT2D eigenvalue weighted by Gasteiger charge is 2.23. The second kappa shape index (κ2) is 8.73. The SMILES string of the molecule is O=C(c1cnc2ccccc2n1)N(Cc1ccc(-c2ccc3ocnc3c2)s1)c1ccccc1F. The Labute approximate surface area is 203 Å². The van der Waals surface area contributed by atoms with Crippen molar-refractivity contribution < 1.29 is 13.6 Å². The number of carbonyl (C=O) groups is 1. The fourth-order valence-corrected chi connectivity index (χ4v) is 4.91. The summed E-state index contributed by atoms with van der Waals surface area (Å²) in [5.74, 6) is -0.907. The molecule has 35 heavy (non-hydrogen) atoms. The number of rotatable bonds is 5. The molecule has 0 radical (unpaired) electrons. The van der Waals surface area contributed by atoms with Gasteiger partial charge in [-0.05, 0) is 60.2 Å². The van der Waals surface area contributed by atoms with Crippen LogP contribution in [0.5, 0.6) is 0 Å². The molecule has 6 aromatic rings. The van der Waals surface area contributed by atoms with E-state index in [-0.39, 0.29) is 17.9 Å². The van der Waals surface area contributed by atoms with Gasteiger partial charge in [-0.2, -0.15) is 0 Å². The molecular weight excluding hydrogens is 463 g/mol. The Morgan fingerprint density at radius 1 is 0.914 bits per heavy atom. The van der Waals surface area contributed by atoms with Crippen LogP contribution in [0.2, 0.25) is 0 Å². The minimum absolute atomic E-state index is 0.153. The quantitative estimate of drug-likeness (QED) is 0.282. The Kier molecular flexibility index (Phi) is 5.27. The number of thiophene rings is 1. The zero-order valence-electron chi connectivity index (χ0n) is 18.3. The minimum Gasteiger partial charge on any atom is -0.443 e. The first kappa shape index (κ1) is 21.1. The van der Waals surface area contributed by atoms with Crippen LogP contribution in [0.15, 0.2) is 95.9 Å². The Hall–Kier alpha value is -4.43. The molecule has 3 aromatic carbocycles. The number of halogens is 1. The molecule has 3 heterocycles. The molecule has 0 saturated heterocycles. The molecule has 0 bridgehead atoms. The average Bonchev–Trinajstić information content (AvgIpc) is 3.56. The van der Waals surface area contributed by atoms with E-state index in [2.05, 4.69) is 15.0 Å². The van der Waals surface area contributed by atoms with Gasteiger partial charge in [0.05, 0.1) is 29.5 Å². The summed E-state index contributed by atoms with van der Waals surface area (Å²) in [6.45, 7) is 0.186. The Balaban J connectivity index is 1.36. The molecule has 0 aliphatic heterocycles. The summed E-state index contributed by atoms with van der Waals surface area (Å²) in [6, 6.07) is 23.3. The van der Waals surface area contributed by atoms with Crippen molar-refractivity contribution in [2.75, 3.05) is 4.90 Å². The van der Waals surface area contributed by atoms with Crippen molar-refractivity contribution in [2.45, 2.75) is 6.54 Å². The predicted molar refractivity (Wildman–Crippen MR) is 134 cm³/mol. The van der Waals surface area contributed by atoms with Crippen molar-refractivity contribution in [3.05, 3.63) is 108 Å². The van der Waals surface area contributed by atoms with Gasteiger partial charge in [0.15, 0.2) is 12.0 Å². The summed E-state index contributed by atoms with van der Waals surface area (Å²) < 4.78 is 20.1. The number of aromatic nitrogens is 3. The van der Waals surface area contributed by atoms with Crippen LogP contribution in [-0.2, 0) is 6.54 Å². The third-order valence-electron chi connectivity index (χ3n) is 5.65. The topological polar surface area (TPSA) is 72.1 Å². The minimum atomic E-state index is -0.483. The highest BCUT2D eigenvalue weighted by atomic mass is 32.1. The van der Waals surface area contributed by atoms with E-state index in [1.807, 2.05) is 48.5 Å². The number of amides is 1. The zero-order chi connectivity index (χ0) is 23.8. The lowest BCUT2D eigenvalue weighted by Gasteiger charge is -2.22. The molecule has 8 heteroatoms. The van der Waals surface area contributed by atoms with E-state index >= 15 is 0 Å². The molecule has 0 saturated carbocycles. The first-order chi connectivity index (χ1) is 17.2. The number of fused-ring (bicyclic) bond motifs is 2. The Morgan fingerprint density at radius 2 is 1.74 bits per heavy atom. The van der Waals surface area contributed by atoms with Crippen molar-refractivity contribution >= 4 is 45.1 Å². The van der Waals surface area contributed by atoms with Gasteiger partial charge in [-0.25, -0.2) is 14.4 Å². The number of hydrogen-bond acceptors (Lipinski definition) is 6. The second-order valence-corrected chi connectivity index (χ2v) is 9.06. The zero-order valence-corrected chi connectivity index (χ0v) is 19.1. The molecule has 0 unspecified atom stereocenters. The third kappa shape index (κ3) is 4.04. The van der Waals surface area contributed by atoms with Crippen LogP contribution in [0, 0.1) is 5.82 Å². The first-order valence-electron chi connectivity index (χ1n) is 10.9. The fourth-order valence-electron chi connectivity index (χ4n) is 3.92. The maximum absolute atomic E-state index is 14.8. The summed E-state index contributed by atoms with van der Waals surface area (Å²) in [5, 5.41) is 0. The lowest BCUT2D eigenvalue weighted by Crippen LogP contribution is -2.31. The van der Waals surface area contributed by atoms with Crippen LogP contribution in [0.3, 0.4) is 0 Å². The summed E-state index contributed by atoms with van der Waals surface area (Å²) in [5.41, 5.74) is 4.12. The molecule has 0 aliphatic carbocycles. The highest BCUT2D eigenvalue weighted by Crippen LogP contribution is 2.32. The molecule has 1 amide bonds. The second-order valence-electron chi connectivity index (χ2n) is 7.89. The monoisotopic (exact) mass is 480 g/mol. The number of hydrogen-bond donors (Lipinski definition) is 0. The highest BCUT2D eigenvalue weighted by molar-refractivity contribution is 7.15. The number of oxazole rings is 1. The van der Waals surface area contributed by atoms with Crippen molar-refractivity contribution in [3.8, 4) is 10.4 Å².